The number of rotatable bonds is 1. The van der Waals surface area contributed by atoms with Crippen molar-refractivity contribution >= 4 is 26.7 Å². The van der Waals surface area contributed by atoms with E-state index in [0.717, 1.165) is 10.2 Å². The average molecular weight is 257 g/mol. The molecule has 3 heteroatoms. The fourth-order valence-electron chi connectivity index (χ4n) is 1.39. The zero-order chi connectivity index (χ0) is 9.26. The molecular formula is C10H9BrOS. The van der Waals surface area contributed by atoms with Crippen LogP contribution >= 0.6 is 15.9 Å². The Morgan fingerprint density at radius 1 is 1.31 bits per heavy atom. The minimum Gasteiger partial charge on any atom is -0.255 e. The largest absolute Gasteiger partial charge is 0.255 e. The van der Waals surface area contributed by atoms with Gasteiger partial charge in [-0.25, -0.2) is 0 Å². The summed E-state index contributed by atoms with van der Waals surface area (Å²) in [7, 11) is -0.751. The van der Waals surface area contributed by atoms with Crippen LogP contribution in [-0.4, -0.2) is 9.96 Å². The van der Waals surface area contributed by atoms with Crippen molar-refractivity contribution in [3.8, 4) is 0 Å². The topological polar surface area (TPSA) is 17.1 Å². The number of allylic oxidation sites excluding steroid dienone is 1. The smallest absolute Gasteiger partial charge is 0.0462 e. The van der Waals surface area contributed by atoms with Crippen LogP contribution in [0.4, 0.5) is 0 Å². The first kappa shape index (κ1) is 9.16. The Hall–Kier alpha value is -0.410. The third-order valence-electron chi connectivity index (χ3n) is 2.10. The van der Waals surface area contributed by atoms with Crippen molar-refractivity contribution in [1.82, 2.24) is 0 Å². The van der Waals surface area contributed by atoms with Crippen molar-refractivity contribution in [2.45, 2.75) is 5.92 Å². The third-order valence-corrected chi connectivity index (χ3v) is 3.78. The van der Waals surface area contributed by atoms with E-state index in [4.69, 9.17) is 0 Å². The van der Waals surface area contributed by atoms with Crippen LogP contribution in [0.5, 0.6) is 0 Å². The zero-order valence-electron chi connectivity index (χ0n) is 6.94. The molecule has 13 heavy (non-hydrogen) atoms. The van der Waals surface area contributed by atoms with E-state index in [1.54, 1.807) is 5.41 Å². The van der Waals surface area contributed by atoms with Gasteiger partial charge in [0.2, 0.25) is 0 Å². The van der Waals surface area contributed by atoms with E-state index in [2.05, 4.69) is 28.1 Å². The molecule has 0 radical (unpaired) electrons. The lowest BCUT2D eigenvalue weighted by molar-refractivity contribution is 0.688. The molecule has 1 aliphatic rings. The van der Waals surface area contributed by atoms with Gasteiger partial charge in [-0.05, 0) is 23.1 Å². The summed E-state index contributed by atoms with van der Waals surface area (Å²) in [6.07, 6.45) is 2.03. The van der Waals surface area contributed by atoms with Crippen molar-refractivity contribution in [2.24, 2.45) is 0 Å². The molecule has 0 aliphatic carbocycles. The lowest BCUT2D eigenvalue weighted by Crippen LogP contribution is -1.98. The molecule has 2 atom stereocenters. The van der Waals surface area contributed by atoms with Crippen molar-refractivity contribution in [3.63, 3.8) is 0 Å². The van der Waals surface area contributed by atoms with Crippen LogP contribution in [-0.2, 0) is 10.8 Å². The fraction of sp³-hybridized carbons (Fsp3) is 0.200. The van der Waals surface area contributed by atoms with Gasteiger partial charge in [-0.3, -0.25) is 4.21 Å². The van der Waals surface area contributed by atoms with Crippen LogP contribution in [0.2, 0.25) is 0 Å². The van der Waals surface area contributed by atoms with Crippen molar-refractivity contribution < 1.29 is 4.21 Å². The van der Waals surface area contributed by atoms with Gasteiger partial charge in [-0.2, -0.15) is 0 Å². The van der Waals surface area contributed by atoms with E-state index >= 15 is 0 Å². The molecule has 1 unspecified atom stereocenters. The minimum atomic E-state index is -0.751. The molecule has 68 valence electrons. The Balaban J connectivity index is 2.22. The highest BCUT2D eigenvalue weighted by Crippen LogP contribution is 2.25. The molecule has 1 heterocycles. The third kappa shape index (κ3) is 2.09. The molecule has 2 rings (SSSR count). The summed E-state index contributed by atoms with van der Waals surface area (Å²) in [5.41, 5.74) is 1.24. The highest BCUT2D eigenvalue weighted by Gasteiger charge is 2.16. The highest BCUT2D eigenvalue weighted by atomic mass is 79.9. The Kier molecular flexibility index (Phi) is 2.65. The Labute approximate surface area is 88.4 Å². The van der Waals surface area contributed by atoms with Crippen molar-refractivity contribution in [1.29, 1.82) is 0 Å². The van der Waals surface area contributed by atoms with Gasteiger partial charge in [0.15, 0.2) is 0 Å². The van der Waals surface area contributed by atoms with E-state index < -0.39 is 10.8 Å². The Morgan fingerprint density at radius 2 is 2.00 bits per heavy atom. The molecule has 0 spiro atoms. The summed E-state index contributed by atoms with van der Waals surface area (Å²) in [5, 5.41) is 1.78. The summed E-state index contributed by atoms with van der Waals surface area (Å²) in [5.74, 6) is 1.08. The first-order valence-corrected chi connectivity index (χ1v) is 6.24. The fourth-order valence-corrected chi connectivity index (χ4v) is 2.79. The van der Waals surface area contributed by atoms with E-state index in [1.165, 1.54) is 5.56 Å². The molecule has 0 amide bonds. The predicted molar refractivity (Wildman–Crippen MR) is 59.0 cm³/mol. The molecular weight excluding hydrogens is 248 g/mol. The molecule has 0 aromatic heterocycles. The van der Waals surface area contributed by atoms with Gasteiger partial charge in [0.25, 0.3) is 0 Å². The summed E-state index contributed by atoms with van der Waals surface area (Å²) < 4.78 is 12.2. The van der Waals surface area contributed by atoms with E-state index in [1.807, 2.05) is 18.2 Å². The zero-order valence-corrected chi connectivity index (χ0v) is 9.35. The van der Waals surface area contributed by atoms with Gasteiger partial charge in [-0.1, -0.05) is 34.1 Å². The number of hydrogen-bond donors (Lipinski definition) is 0. The summed E-state index contributed by atoms with van der Waals surface area (Å²) in [6, 6.07) is 8.18. The normalized spacial score (nSPS) is 26.5. The molecule has 1 aromatic carbocycles. The summed E-state index contributed by atoms with van der Waals surface area (Å²) in [6.45, 7) is 0. The average Bonchev–Trinajstić information content (AvgIpc) is 2.53. The monoisotopic (exact) mass is 256 g/mol. The van der Waals surface area contributed by atoms with E-state index in [-0.39, 0.29) is 0 Å². The van der Waals surface area contributed by atoms with Gasteiger partial charge in [-0.15, -0.1) is 0 Å². The number of hydrogen-bond acceptors (Lipinski definition) is 1. The maximum absolute atomic E-state index is 11.1. The summed E-state index contributed by atoms with van der Waals surface area (Å²) in [4.78, 5) is 0. The van der Waals surface area contributed by atoms with Gasteiger partial charge in [0.1, 0.15) is 0 Å². The number of halogens is 1. The van der Waals surface area contributed by atoms with Crippen molar-refractivity contribution in [2.75, 3.05) is 5.75 Å². The molecule has 0 fully saturated rings. The van der Waals surface area contributed by atoms with E-state index in [9.17, 15) is 4.21 Å². The van der Waals surface area contributed by atoms with Crippen LogP contribution in [0.25, 0.3) is 0 Å². The maximum Gasteiger partial charge on any atom is 0.0462 e. The Morgan fingerprint density at radius 3 is 2.54 bits per heavy atom. The van der Waals surface area contributed by atoms with Gasteiger partial charge < -0.3 is 0 Å². The molecule has 1 nitrogen and oxygen atoms in total. The molecule has 0 saturated carbocycles. The SMILES string of the molecule is O=S1C=C[C@H](c2ccc(Br)cc2)C1. The van der Waals surface area contributed by atoms with Gasteiger partial charge in [0, 0.05) is 26.9 Å². The second-order valence-electron chi connectivity index (χ2n) is 3.03. The minimum absolute atomic E-state index is 0.342. The first-order chi connectivity index (χ1) is 6.25. The molecule has 1 aromatic rings. The quantitative estimate of drug-likeness (QED) is 0.756. The molecule has 0 N–H and O–H groups in total. The van der Waals surface area contributed by atoms with Crippen molar-refractivity contribution in [3.05, 3.63) is 45.8 Å². The second kappa shape index (κ2) is 3.76. The van der Waals surface area contributed by atoms with Crippen LogP contribution in [0.1, 0.15) is 11.5 Å². The molecule has 0 bridgehead atoms. The lowest BCUT2D eigenvalue weighted by Gasteiger charge is -2.06. The van der Waals surface area contributed by atoms with Gasteiger partial charge in [0.05, 0.1) is 0 Å². The van der Waals surface area contributed by atoms with Gasteiger partial charge >= 0.3 is 0 Å². The maximum atomic E-state index is 11.1. The van der Waals surface area contributed by atoms with Crippen LogP contribution in [0.15, 0.2) is 40.2 Å². The van der Waals surface area contributed by atoms with Crippen LogP contribution in [0.3, 0.4) is 0 Å². The lowest BCUT2D eigenvalue weighted by atomic mass is 10.0. The molecule has 0 saturated heterocycles. The van der Waals surface area contributed by atoms with E-state index in [0.29, 0.717) is 5.92 Å². The summed E-state index contributed by atoms with van der Waals surface area (Å²) >= 11 is 3.39. The number of benzene rings is 1. The first-order valence-electron chi connectivity index (χ1n) is 4.06. The standard InChI is InChI=1S/C10H9BrOS/c11-10-3-1-8(2-4-10)9-5-6-13(12)7-9/h1-6,9H,7H2/t9-,13?/m0/s1. The Bertz CT molecular complexity index is 356. The second-order valence-corrected chi connectivity index (χ2v) is 5.32. The van der Waals surface area contributed by atoms with Crippen LogP contribution in [0, 0.1) is 0 Å². The molecule has 1 aliphatic heterocycles. The van der Waals surface area contributed by atoms with Crippen LogP contribution < -0.4 is 0 Å². The predicted octanol–water partition coefficient (Wildman–Crippen LogP) is 2.81. The highest BCUT2D eigenvalue weighted by molar-refractivity contribution is 9.10.